The van der Waals surface area contributed by atoms with Crippen molar-refractivity contribution < 1.29 is 29.1 Å². The third kappa shape index (κ3) is 2.10. The van der Waals surface area contributed by atoms with Crippen molar-refractivity contribution in [3.8, 4) is 0 Å². The molecule has 12 heteroatoms. The number of imidazole rings is 1. The highest BCUT2D eigenvalue weighted by Crippen LogP contribution is 2.65. The molecule has 2 aromatic heterocycles. The molecule has 5 atom stereocenters. The van der Waals surface area contributed by atoms with E-state index in [1.807, 2.05) is 0 Å². The maximum Gasteiger partial charge on any atom is 0.469 e. The number of nitrogens with zero attached hydrogens (tertiary/aromatic N) is 4. The number of anilines is 1. The molecule has 0 aromatic carbocycles. The molecule has 0 amide bonds. The van der Waals surface area contributed by atoms with Gasteiger partial charge in [0.15, 0.2) is 11.5 Å². The zero-order valence-corrected chi connectivity index (χ0v) is 13.2. The Bertz CT molecular complexity index is 854. The van der Waals surface area contributed by atoms with E-state index in [1.54, 1.807) is 4.57 Å². The molecule has 2 aliphatic carbocycles. The van der Waals surface area contributed by atoms with Crippen molar-refractivity contribution in [2.24, 2.45) is 11.8 Å². The van der Waals surface area contributed by atoms with Crippen molar-refractivity contribution in [2.45, 2.75) is 24.2 Å². The van der Waals surface area contributed by atoms with Crippen LogP contribution in [0.2, 0.25) is 0 Å². The maximum atomic E-state index is 10.9. The standard InChI is InChI=1S/C12H16N5O6P/c13-10-7-11(15-3-14-10)17(4-16-7)12-1-6(12)5(8(18)9(12)19)2-23-24(20,21)22/h3-6,8-9,18-19H,1-2H2,(H2,13,14,15)(H2,20,21,22)/t5-,6+,8+,9+,12+/m0/s1. The van der Waals surface area contributed by atoms with Gasteiger partial charge in [-0.15, -0.1) is 0 Å². The normalized spacial score (nSPS) is 35.3. The molecule has 130 valence electrons. The fourth-order valence-electron chi connectivity index (χ4n) is 3.90. The minimum atomic E-state index is -4.65. The van der Waals surface area contributed by atoms with Gasteiger partial charge in [0, 0.05) is 5.92 Å². The van der Waals surface area contributed by atoms with E-state index in [0.717, 1.165) is 0 Å². The van der Waals surface area contributed by atoms with Crippen LogP contribution in [0.5, 0.6) is 0 Å². The summed E-state index contributed by atoms with van der Waals surface area (Å²) < 4.78 is 17.1. The molecular formula is C12H16N5O6P. The Balaban J connectivity index is 1.69. The summed E-state index contributed by atoms with van der Waals surface area (Å²) in [5.74, 6) is -0.617. The fourth-order valence-corrected chi connectivity index (χ4v) is 4.26. The zero-order valence-electron chi connectivity index (χ0n) is 12.3. The Morgan fingerprint density at radius 3 is 2.83 bits per heavy atom. The molecule has 4 rings (SSSR count). The number of aliphatic hydroxyl groups is 2. The lowest BCUT2D eigenvalue weighted by atomic mass is 10.0. The number of aliphatic hydroxyl groups excluding tert-OH is 2. The molecule has 2 heterocycles. The quantitative estimate of drug-likeness (QED) is 0.408. The lowest BCUT2D eigenvalue weighted by Crippen LogP contribution is -2.39. The number of aromatic nitrogens is 4. The van der Waals surface area contributed by atoms with Crippen LogP contribution in [0.1, 0.15) is 6.42 Å². The van der Waals surface area contributed by atoms with Gasteiger partial charge in [-0.05, 0) is 12.3 Å². The van der Waals surface area contributed by atoms with Crippen LogP contribution in [0.15, 0.2) is 12.7 Å². The molecule has 24 heavy (non-hydrogen) atoms. The van der Waals surface area contributed by atoms with Crippen molar-refractivity contribution >= 4 is 24.8 Å². The van der Waals surface area contributed by atoms with E-state index in [2.05, 4.69) is 19.5 Å². The summed E-state index contributed by atoms with van der Waals surface area (Å²) in [5, 5.41) is 20.8. The molecular weight excluding hydrogens is 341 g/mol. The number of phosphoric acid groups is 1. The van der Waals surface area contributed by atoms with Gasteiger partial charge in [0.25, 0.3) is 0 Å². The van der Waals surface area contributed by atoms with Gasteiger partial charge in [-0.2, -0.15) is 0 Å². The molecule has 2 fully saturated rings. The van der Waals surface area contributed by atoms with E-state index in [-0.39, 0.29) is 18.3 Å². The predicted molar refractivity (Wildman–Crippen MR) is 79.3 cm³/mol. The second-order valence-corrected chi connectivity index (χ2v) is 7.47. The van der Waals surface area contributed by atoms with Gasteiger partial charge in [-0.3, -0.25) is 4.52 Å². The lowest BCUT2D eigenvalue weighted by Gasteiger charge is -2.24. The van der Waals surface area contributed by atoms with E-state index in [1.165, 1.54) is 12.7 Å². The van der Waals surface area contributed by atoms with Gasteiger partial charge < -0.3 is 30.3 Å². The number of phosphoric ester groups is 1. The minimum absolute atomic E-state index is 0.210. The average Bonchev–Trinajstić information content (AvgIpc) is 3.00. The maximum absolute atomic E-state index is 10.9. The van der Waals surface area contributed by atoms with Gasteiger partial charge >= 0.3 is 7.82 Å². The molecule has 0 saturated heterocycles. The predicted octanol–water partition coefficient (Wildman–Crippen LogP) is -1.42. The second kappa shape index (κ2) is 4.94. The molecule has 2 aromatic rings. The van der Waals surface area contributed by atoms with Crippen LogP contribution in [-0.4, -0.2) is 58.3 Å². The third-order valence-electron chi connectivity index (χ3n) is 5.07. The van der Waals surface area contributed by atoms with E-state index >= 15 is 0 Å². The van der Waals surface area contributed by atoms with Crippen LogP contribution in [0, 0.1) is 11.8 Å². The second-order valence-electron chi connectivity index (χ2n) is 6.23. The Kier molecular flexibility index (Phi) is 3.27. The molecule has 6 N–H and O–H groups in total. The molecule has 0 aliphatic heterocycles. The topological polar surface area (TPSA) is 177 Å². The molecule has 11 nitrogen and oxygen atoms in total. The summed E-state index contributed by atoms with van der Waals surface area (Å²) in [5.41, 5.74) is 5.76. The first kappa shape index (κ1) is 15.9. The van der Waals surface area contributed by atoms with Gasteiger partial charge in [-0.25, -0.2) is 19.5 Å². The summed E-state index contributed by atoms with van der Waals surface area (Å²) >= 11 is 0. The summed E-state index contributed by atoms with van der Waals surface area (Å²) in [7, 11) is -4.65. The van der Waals surface area contributed by atoms with Gasteiger partial charge in [0.05, 0.1) is 24.6 Å². The molecule has 0 unspecified atom stereocenters. The van der Waals surface area contributed by atoms with E-state index < -0.39 is 31.5 Å². The number of hydrogen-bond acceptors (Lipinski definition) is 8. The monoisotopic (exact) mass is 357 g/mol. The minimum Gasteiger partial charge on any atom is -0.390 e. The van der Waals surface area contributed by atoms with E-state index in [0.29, 0.717) is 17.6 Å². The van der Waals surface area contributed by atoms with Crippen molar-refractivity contribution in [2.75, 3.05) is 12.3 Å². The van der Waals surface area contributed by atoms with Crippen molar-refractivity contribution in [1.82, 2.24) is 19.5 Å². The highest BCUT2D eigenvalue weighted by Gasteiger charge is 2.72. The Morgan fingerprint density at radius 1 is 1.38 bits per heavy atom. The highest BCUT2D eigenvalue weighted by atomic mass is 31.2. The van der Waals surface area contributed by atoms with Crippen LogP contribution in [-0.2, 0) is 14.6 Å². The Morgan fingerprint density at radius 2 is 2.12 bits per heavy atom. The summed E-state index contributed by atoms with van der Waals surface area (Å²) in [6.07, 6.45) is 0.970. The number of nitrogen functional groups attached to an aromatic ring is 1. The number of rotatable bonds is 4. The van der Waals surface area contributed by atoms with Crippen molar-refractivity contribution in [3.05, 3.63) is 12.7 Å². The number of nitrogens with two attached hydrogens (primary N) is 1. The molecule has 2 saturated carbocycles. The first-order valence-electron chi connectivity index (χ1n) is 7.26. The van der Waals surface area contributed by atoms with Crippen molar-refractivity contribution in [1.29, 1.82) is 0 Å². The van der Waals surface area contributed by atoms with Crippen molar-refractivity contribution in [3.63, 3.8) is 0 Å². The smallest absolute Gasteiger partial charge is 0.390 e. The summed E-state index contributed by atoms with van der Waals surface area (Å²) in [6.45, 7) is -0.349. The Labute approximate surface area is 135 Å². The molecule has 0 spiro atoms. The van der Waals surface area contributed by atoms with Crippen LogP contribution in [0.4, 0.5) is 5.82 Å². The zero-order chi connectivity index (χ0) is 17.3. The van der Waals surface area contributed by atoms with E-state index in [9.17, 15) is 14.8 Å². The van der Waals surface area contributed by atoms with Gasteiger partial charge in [-0.1, -0.05) is 0 Å². The lowest BCUT2D eigenvalue weighted by molar-refractivity contribution is -0.0270. The van der Waals surface area contributed by atoms with E-state index in [4.69, 9.17) is 15.5 Å². The van der Waals surface area contributed by atoms with Gasteiger partial charge in [0.2, 0.25) is 0 Å². The average molecular weight is 357 g/mol. The largest absolute Gasteiger partial charge is 0.469 e. The summed E-state index contributed by atoms with van der Waals surface area (Å²) in [6, 6.07) is 0. The first-order valence-corrected chi connectivity index (χ1v) is 8.79. The number of hydrogen-bond donors (Lipinski definition) is 5. The molecule has 0 bridgehead atoms. The van der Waals surface area contributed by atoms with Crippen LogP contribution in [0.3, 0.4) is 0 Å². The fraction of sp³-hybridized carbons (Fsp3) is 0.583. The van der Waals surface area contributed by atoms with Crippen LogP contribution < -0.4 is 5.73 Å². The summed E-state index contributed by atoms with van der Waals surface area (Å²) in [4.78, 5) is 29.9. The molecule has 0 radical (unpaired) electrons. The SMILES string of the molecule is Nc1ncnc2c1ncn2[C@]12C[C@@H]1[C@H](COP(=O)(O)O)[C@@H](O)[C@H]2O. The third-order valence-corrected chi connectivity index (χ3v) is 5.55. The highest BCUT2D eigenvalue weighted by molar-refractivity contribution is 7.46. The number of fused-ring (bicyclic) bond motifs is 2. The molecule has 2 aliphatic rings. The van der Waals surface area contributed by atoms with Crippen LogP contribution in [0.25, 0.3) is 11.2 Å². The first-order chi connectivity index (χ1) is 11.3. The van der Waals surface area contributed by atoms with Gasteiger partial charge in [0.1, 0.15) is 17.9 Å². The Hall–Kier alpha value is -1.62. The van der Waals surface area contributed by atoms with Crippen LogP contribution >= 0.6 is 7.82 Å².